The maximum Gasteiger partial charge on any atom is 0.0780 e. The van der Waals surface area contributed by atoms with E-state index in [1.54, 1.807) is 0 Å². The van der Waals surface area contributed by atoms with Gasteiger partial charge in [-0.05, 0) is 108 Å². The van der Waals surface area contributed by atoms with Crippen LogP contribution in [0.15, 0.2) is 163 Å². The number of dihydropyridines is 1. The van der Waals surface area contributed by atoms with Crippen LogP contribution >= 0.6 is 0 Å². The minimum atomic E-state index is 0.190. The number of nitrogens with zero attached hydrogens (tertiary/aromatic N) is 2. The lowest BCUT2D eigenvalue weighted by Crippen LogP contribution is -2.18. The Kier molecular flexibility index (Phi) is 7.02. The van der Waals surface area contributed by atoms with Gasteiger partial charge in [0.05, 0.1) is 11.7 Å². The first-order valence-corrected chi connectivity index (χ1v) is 18.0. The number of allylic oxidation sites excluding steroid dienone is 4. The molecule has 51 heavy (non-hydrogen) atoms. The van der Waals surface area contributed by atoms with Crippen molar-refractivity contribution in [1.82, 2.24) is 4.98 Å². The molecule has 242 valence electrons. The molecule has 0 bridgehead atoms. The van der Waals surface area contributed by atoms with Crippen LogP contribution in [0.4, 0.5) is 0 Å². The number of hydrogen-bond acceptors (Lipinski definition) is 2. The highest BCUT2D eigenvalue weighted by Crippen LogP contribution is 2.46. The number of benzene rings is 6. The van der Waals surface area contributed by atoms with Crippen molar-refractivity contribution in [2.24, 2.45) is 16.8 Å². The molecule has 1 aromatic heterocycles. The van der Waals surface area contributed by atoms with Crippen LogP contribution in [0.3, 0.4) is 0 Å². The van der Waals surface area contributed by atoms with E-state index in [0.29, 0.717) is 5.92 Å². The summed E-state index contributed by atoms with van der Waals surface area (Å²) in [5.74, 6) is 0.846. The van der Waals surface area contributed by atoms with Crippen molar-refractivity contribution in [3.8, 4) is 33.4 Å². The first-order valence-electron chi connectivity index (χ1n) is 18.0. The molecule has 3 unspecified atom stereocenters. The minimum Gasteiger partial charge on any atom is -0.284 e. The van der Waals surface area contributed by atoms with Crippen molar-refractivity contribution < 1.29 is 0 Å². The molecule has 0 radical (unpaired) electrons. The lowest BCUT2D eigenvalue weighted by Gasteiger charge is -2.22. The van der Waals surface area contributed by atoms with E-state index in [1.807, 2.05) is 12.4 Å². The van der Waals surface area contributed by atoms with Gasteiger partial charge in [0.2, 0.25) is 0 Å². The Morgan fingerprint density at radius 3 is 2.18 bits per heavy atom. The average molecular weight is 653 g/mol. The van der Waals surface area contributed by atoms with Crippen molar-refractivity contribution in [2.75, 3.05) is 0 Å². The zero-order chi connectivity index (χ0) is 33.9. The lowest BCUT2D eigenvalue weighted by molar-refractivity contribution is 0.685. The third kappa shape index (κ3) is 5.18. The van der Waals surface area contributed by atoms with Crippen LogP contribution in [0.25, 0.3) is 77.3 Å². The van der Waals surface area contributed by atoms with Crippen molar-refractivity contribution in [3.05, 3.63) is 175 Å². The van der Waals surface area contributed by atoms with Crippen molar-refractivity contribution in [2.45, 2.75) is 19.4 Å². The van der Waals surface area contributed by atoms with Gasteiger partial charge in [-0.15, -0.1) is 0 Å². The SMILES string of the molecule is CC1C=Cc2cc(-c3c4ccccc4c(-c4ccc5ccccc5c4)c4ccc(-c5ccc(C6=CC7C=CC=CC7N=C6)nc5)cc34)ccc2C1. The van der Waals surface area contributed by atoms with Crippen LogP contribution in [0.5, 0.6) is 0 Å². The summed E-state index contributed by atoms with van der Waals surface area (Å²) in [5, 5.41) is 7.53. The molecule has 2 heterocycles. The smallest absolute Gasteiger partial charge is 0.0780 e. The predicted molar refractivity (Wildman–Crippen MR) is 217 cm³/mol. The summed E-state index contributed by atoms with van der Waals surface area (Å²) < 4.78 is 0. The Morgan fingerprint density at radius 1 is 0.588 bits per heavy atom. The highest BCUT2D eigenvalue weighted by atomic mass is 14.8. The molecule has 1 aliphatic heterocycles. The van der Waals surface area contributed by atoms with Crippen molar-refractivity contribution in [1.29, 1.82) is 0 Å². The van der Waals surface area contributed by atoms with E-state index in [-0.39, 0.29) is 12.0 Å². The number of hydrogen-bond donors (Lipinski definition) is 0. The number of fused-ring (bicyclic) bond motifs is 5. The maximum atomic E-state index is 4.97. The number of aromatic nitrogens is 1. The molecule has 0 fully saturated rings. The monoisotopic (exact) mass is 652 g/mol. The summed E-state index contributed by atoms with van der Waals surface area (Å²) >= 11 is 0. The summed E-state index contributed by atoms with van der Waals surface area (Å²) in [6.07, 6.45) is 20.6. The molecule has 2 aliphatic carbocycles. The molecule has 2 nitrogen and oxygen atoms in total. The second kappa shape index (κ2) is 12.0. The van der Waals surface area contributed by atoms with Crippen LogP contribution in [-0.4, -0.2) is 17.2 Å². The highest BCUT2D eigenvalue weighted by molar-refractivity contribution is 6.22. The first-order chi connectivity index (χ1) is 25.2. The van der Waals surface area contributed by atoms with Gasteiger partial charge in [-0.3, -0.25) is 9.98 Å². The summed E-state index contributed by atoms with van der Waals surface area (Å²) in [6, 6.07) is 43.1. The Bertz CT molecular complexity index is 2690. The average Bonchev–Trinajstić information content (AvgIpc) is 3.19. The van der Waals surface area contributed by atoms with Gasteiger partial charge in [-0.1, -0.05) is 140 Å². The van der Waals surface area contributed by atoms with Crippen LogP contribution in [0, 0.1) is 11.8 Å². The molecule has 0 spiro atoms. The van der Waals surface area contributed by atoms with E-state index in [0.717, 1.165) is 28.8 Å². The van der Waals surface area contributed by atoms with E-state index >= 15 is 0 Å². The highest BCUT2D eigenvalue weighted by Gasteiger charge is 2.22. The molecule has 0 amide bonds. The van der Waals surface area contributed by atoms with Gasteiger partial charge in [0.25, 0.3) is 0 Å². The largest absolute Gasteiger partial charge is 0.284 e. The number of pyridine rings is 1. The number of aliphatic imine (C=N–C) groups is 1. The Hall–Kier alpha value is -6.12. The van der Waals surface area contributed by atoms with Crippen LogP contribution in [-0.2, 0) is 6.42 Å². The van der Waals surface area contributed by atoms with E-state index in [1.165, 1.54) is 65.7 Å². The molecular weight excluding hydrogens is 617 g/mol. The minimum absolute atomic E-state index is 0.190. The summed E-state index contributed by atoms with van der Waals surface area (Å²) in [4.78, 5) is 9.76. The Balaban J connectivity index is 1.17. The summed E-state index contributed by atoms with van der Waals surface area (Å²) in [6.45, 7) is 2.30. The van der Waals surface area contributed by atoms with E-state index < -0.39 is 0 Å². The second-order valence-corrected chi connectivity index (χ2v) is 14.2. The predicted octanol–water partition coefficient (Wildman–Crippen LogP) is 12.3. The molecule has 6 aromatic carbocycles. The molecule has 3 aliphatic rings. The molecule has 3 atom stereocenters. The Morgan fingerprint density at radius 2 is 1.31 bits per heavy atom. The van der Waals surface area contributed by atoms with Crippen molar-refractivity contribution in [3.63, 3.8) is 0 Å². The van der Waals surface area contributed by atoms with Gasteiger partial charge < -0.3 is 0 Å². The van der Waals surface area contributed by atoms with Crippen LogP contribution in [0.2, 0.25) is 0 Å². The van der Waals surface area contributed by atoms with Gasteiger partial charge in [0.1, 0.15) is 0 Å². The zero-order valence-electron chi connectivity index (χ0n) is 28.5. The molecule has 10 rings (SSSR count). The van der Waals surface area contributed by atoms with E-state index in [9.17, 15) is 0 Å². The third-order valence-corrected chi connectivity index (χ3v) is 10.9. The number of rotatable bonds is 4. The maximum absolute atomic E-state index is 4.97. The Labute approximate surface area is 298 Å². The van der Waals surface area contributed by atoms with Crippen LogP contribution in [0.1, 0.15) is 23.7 Å². The van der Waals surface area contributed by atoms with E-state index in [4.69, 9.17) is 9.98 Å². The van der Waals surface area contributed by atoms with Gasteiger partial charge >= 0.3 is 0 Å². The third-order valence-electron chi connectivity index (χ3n) is 10.9. The van der Waals surface area contributed by atoms with Gasteiger partial charge in [-0.2, -0.15) is 0 Å². The standard InChI is InChI=1S/C49H36N2/c1-31-14-15-35-26-39(19-17-34(35)24-31)49-43-12-6-5-11-42(43)48(38-18-16-32-8-2-3-9-33(32)25-38)44-22-20-36(28-45(44)49)40-21-23-47(50-29-40)41-27-37-10-4-7-13-46(37)51-30-41/h2-23,25-31,37,46H,24H2,1H3. The lowest BCUT2D eigenvalue weighted by atomic mass is 9.83. The molecule has 2 heteroatoms. The fourth-order valence-corrected chi connectivity index (χ4v) is 8.32. The topological polar surface area (TPSA) is 25.2 Å². The molecule has 0 N–H and O–H groups in total. The van der Waals surface area contributed by atoms with Crippen LogP contribution < -0.4 is 0 Å². The normalized spacial score (nSPS) is 19.0. The summed E-state index contributed by atoms with van der Waals surface area (Å²) in [5.41, 5.74) is 12.1. The molecular formula is C49H36N2. The fourth-order valence-electron chi connectivity index (χ4n) is 8.32. The second-order valence-electron chi connectivity index (χ2n) is 14.2. The fraction of sp³-hybridized carbons (Fsp3) is 0.102. The molecule has 7 aromatic rings. The molecule has 0 saturated heterocycles. The van der Waals surface area contributed by atoms with E-state index in [2.05, 4.69) is 165 Å². The molecule has 0 saturated carbocycles. The summed E-state index contributed by atoms with van der Waals surface area (Å²) in [7, 11) is 0. The zero-order valence-corrected chi connectivity index (χ0v) is 28.5. The first kappa shape index (κ1) is 29.8. The quantitative estimate of drug-likeness (QED) is 0.174. The van der Waals surface area contributed by atoms with Gasteiger partial charge in [0, 0.05) is 29.5 Å². The van der Waals surface area contributed by atoms with Gasteiger partial charge in [-0.25, -0.2) is 0 Å². The van der Waals surface area contributed by atoms with Gasteiger partial charge in [0.15, 0.2) is 0 Å². The van der Waals surface area contributed by atoms with Crippen molar-refractivity contribution >= 4 is 50.2 Å².